The third kappa shape index (κ3) is 3.58. The fraction of sp³-hybridized carbons (Fsp3) is 0.412. The van der Waals surface area contributed by atoms with E-state index in [4.69, 9.17) is 10.5 Å². The van der Waals surface area contributed by atoms with Crippen molar-refractivity contribution in [3.05, 3.63) is 47.7 Å². The average Bonchev–Trinajstić information content (AvgIpc) is 3.03. The topological polar surface area (TPSA) is 94.2 Å². The molecule has 1 aliphatic rings. The lowest BCUT2D eigenvalue weighted by Crippen LogP contribution is -2.37. The number of nitrogens with one attached hydrogen (secondary N) is 2. The molecule has 0 saturated carbocycles. The number of methoxy groups -OCH3 is 1. The molecule has 3 rings (SSSR count). The summed E-state index contributed by atoms with van der Waals surface area (Å²) < 4.78 is 7.37. The predicted octanol–water partition coefficient (Wildman–Crippen LogP) is 1.00. The monoisotopic (exact) mass is 329 g/mol. The fourth-order valence-corrected chi connectivity index (χ4v) is 3.00. The minimum atomic E-state index is -0.453. The summed E-state index contributed by atoms with van der Waals surface area (Å²) in [5.74, 6) is 0.648. The molecule has 4 N–H and O–H groups in total. The van der Waals surface area contributed by atoms with Gasteiger partial charge in [0.15, 0.2) is 0 Å². The number of nitrogens with zero attached hydrogens (tertiary/aromatic N) is 2. The Hall–Kier alpha value is -2.38. The summed E-state index contributed by atoms with van der Waals surface area (Å²) in [6.45, 7) is 3.12. The van der Waals surface area contributed by atoms with Crippen LogP contribution in [0.5, 0.6) is 0 Å². The molecule has 128 valence electrons. The second kappa shape index (κ2) is 7.46. The number of amides is 1. The number of rotatable bonds is 7. The summed E-state index contributed by atoms with van der Waals surface area (Å²) in [6, 6.07) is 10.2. The van der Waals surface area contributed by atoms with Gasteiger partial charge < -0.3 is 21.1 Å². The zero-order valence-electron chi connectivity index (χ0n) is 13.7. The molecule has 1 aromatic heterocycles. The molecule has 7 heteroatoms. The van der Waals surface area contributed by atoms with Crippen LogP contribution in [0, 0.1) is 5.92 Å². The number of fused-ring (bicyclic) bond motifs is 1. The van der Waals surface area contributed by atoms with Crippen LogP contribution in [0.4, 0.5) is 5.82 Å². The molecule has 1 aliphatic heterocycles. The van der Waals surface area contributed by atoms with Crippen LogP contribution in [0.3, 0.4) is 0 Å². The molecule has 0 bridgehead atoms. The third-order valence-electron chi connectivity index (χ3n) is 4.31. The number of benzene rings is 1. The first-order chi connectivity index (χ1) is 11.7. The maximum absolute atomic E-state index is 11.3. The van der Waals surface area contributed by atoms with E-state index in [0.29, 0.717) is 11.5 Å². The van der Waals surface area contributed by atoms with E-state index < -0.39 is 5.91 Å². The fourth-order valence-electron chi connectivity index (χ4n) is 3.00. The molecule has 2 atom stereocenters. The minimum Gasteiger partial charge on any atom is -0.375 e. The van der Waals surface area contributed by atoms with Crippen molar-refractivity contribution in [2.45, 2.75) is 12.6 Å². The Morgan fingerprint density at radius 3 is 3.00 bits per heavy atom. The van der Waals surface area contributed by atoms with Crippen molar-refractivity contribution in [1.82, 2.24) is 15.1 Å². The molecule has 7 nitrogen and oxygen atoms in total. The lowest BCUT2D eigenvalue weighted by Gasteiger charge is -2.26. The maximum Gasteiger partial charge on any atom is 0.254 e. The Kier molecular flexibility index (Phi) is 5.12. The van der Waals surface area contributed by atoms with Crippen LogP contribution in [0.15, 0.2) is 36.5 Å². The Bertz CT molecular complexity index is 686. The van der Waals surface area contributed by atoms with Gasteiger partial charge in [0.05, 0.1) is 12.3 Å². The summed E-state index contributed by atoms with van der Waals surface area (Å²) >= 11 is 0. The van der Waals surface area contributed by atoms with Gasteiger partial charge in [-0.1, -0.05) is 30.3 Å². The second-order valence-corrected chi connectivity index (χ2v) is 5.99. The third-order valence-corrected chi connectivity index (χ3v) is 4.31. The van der Waals surface area contributed by atoms with Crippen molar-refractivity contribution in [2.24, 2.45) is 11.7 Å². The van der Waals surface area contributed by atoms with E-state index in [1.807, 2.05) is 18.2 Å². The maximum atomic E-state index is 11.3. The van der Waals surface area contributed by atoms with Crippen LogP contribution in [-0.4, -0.2) is 42.4 Å². The number of carbonyl (C=O) groups excluding carboxylic acids is 1. The van der Waals surface area contributed by atoms with E-state index in [9.17, 15) is 4.79 Å². The van der Waals surface area contributed by atoms with Crippen molar-refractivity contribution >= 4 is 11.7 Å². The van der Waals surface area contributed by atoms with E-state index in [0.717, 1.165) is 37.6 Å². The number of aromatic nitrogens is 2. The smallest absolute Gasteiger partial charge is 0.254 e. The molecule has 0 radical (unpaired) electrons. The number of hydrogen-bond acceptors (Lipinski definition) is 5. The first-order valence-corrected chi connectivity index (χ1v) is 8.07. The minimum absolute atomic E-state index is 0.0319. The highest BCUT2D eigenvalue weighted by atomic mass is 16.5. The average molecular weight is 329 g/mol. The van der Waals surface area contributed by atoms with E-state index >= 15 is 0 Å². The van der Waals surface area contributed by atoms with Gasteiger partial charge in [-0.2, -0.15) is 5.10 Å². The van der Waals surface area contributed by atoms with E-state index in [1.54, 1.807) is 11.8 Å². The molecule has 1 amide bonds. The zero-order valence-corrected chi connectivity index (χ0v) is 13.7. The van der Waals surface area contributed by atoms with Crippen molar-refractivity contribution in [3.63, 3.8) is 0 Å². The molecule has 2 heterocycles. The van der Waals surface area contributed by atoms with Crippen molar-refractivity contribution in [2.75, 3.05) is 32.1 Å². The molecule has 0 spiro atoms. The number of hydrogen-bond donors (Lipinski definition) is 3. The molecule has 0 aliphatic carbocycles. The lowest BCUT2D eigenvalue weighted by atomic mass is 10.1. The number of anilines is 1. The van der Waals surface area contributed by atoms with Crippen molar-refractivity contribution in [3.8, 4) is 0 Å². The van der Waals surface area contributed by atoms with Crippen LogP contribution >= 0.6 is 0 Å². The van der Waals surface area contributed by atoms with Gasteiger partial charge in [0.1, 0.15) is 11.4 Å². The molecule has 0 saturated heterocycles. The summed E-state index contributed by atoms with van der Waals surface area (Å²) in [7, 11) is 1.73. The molecular weight excluding hydrogens is 306 g/mol. The van der Waals surface area contributed by atoms with Gasteiger partial charge in [-0.25, -0.2) is 4.68 Å². The highest BCUT2D eigenvalue weighted by Gasteiger charge is 2.23. The van der Waals surface area contributed by atoms with Gasteiger partial charge in [-0.3, -0.25) is 4.79 Å². The largest absolute Gasteiger partial charge is 0.375 e. The van der Waals surface area contributed by atoms with Gasteiger partial charge >= 0.3 is 0 Å². The summed E-state index contributed by atoms with van der Waals surface area (Å²) in [5, 5.41) is 11.0. The summed E-state index contributed by atoms with van der Waals surface area (Å²) in [6.07, 6.45) is 1.56. The van der Waals surface area contributed by atoms with E-state index in [2.05, 4.69) is 27.9 Å². The highest BCUT2D eigenvalue weighted by Crippen LogP contribution is 2.21. The molecule has 1 aromatic carbocycles. The predicted molar refractivity (Wildman–Crippen MR) is 91.8 cm³/mol. The number of carbonyl (C=O) groups is 1. The molecule has 0 fully saturated rings. The summed E-state index contributed by atoms with van der Waals surface area (Å²) in [5.41, 5.74) is 6.95. The Morgan fingerprint density at radius 1 is 1.50 bits per heavy atom. The van der Waals surface area contributed by atoms with Crippen LogP contribution < -0.4 is 16.4 Å². The van der Waals surface area contributed by atoms with Gasteiger partial charge in [0.2, 0.25) is 0 Å². The molecular formula is C17H23N5O2. The van der Waals surface area contributed by atoms with Crippen LogP contribution in [0.1, 0.15) is 22.0 Å². The van der Waals surface area contributed by atoms with Gasteiger partial charge in [-0.15, -0.1) is 0 Å². The van der Waals surface area contributed by atoms with Gasteiger partial charge in [0, 0.05) is 39.2 Å². The molecule has 0 unspecified atom stereocenters. The molecule has 2 aromatic rings. The number of primary amides is 1. The van der Waals surface area contributed by atoms with Crippen molar-refractivity contribution in [1.29, 1.82) is 0 Å². The normalized spacial score (nSPS) is 17.8. The second-order valence-electron chi connectivity index (χ2n) is 5.99. The Labute approximate surface area is 141 Å². The van der Waals surface area contributed by atoms with Gasteiger partial charge in [-0.05, 0) is 5.56 Å². The van der Waals surface area contributed by atoms with Crippen LogP contribution in [0.25, 0.3) is 0 Å². The molecule has 24 heavy (non-hydrogen) atoms. The quantitative estimate of drug-likeness (QED) is 0.704. The van der Waals surface area contributed by atoms with Crippen LogP contribution in [0.2, 0.25) is 0 Å². The van der Waals surface area contributed by atoms with Crippen molar-refractivity contribution < 1.29 is 9.53 Å². The zero-order chi connectivity index (χ0) is 16.9. The highest BCUT2D eigenvalue weighted by molar-refractivity contribution is 5.97. The Morgan fingerprint density at radius 2 is 2.29 bits per heavy atom. The SMILES string of the molecule is CO[C@H](CNC[C@H]1CNc2c(C(N)=O)cnn2C1)c1ccccc1. The lowest BCUT2D eigenvalue weighted by molar-refractivity contribution is 0.0999. The standard InChI is InChI=1S/C17H23N5O2/c1-24-15(13-5-3-2-4-6-13)10-19-7-12-8-20-17-14(16(18)23)9-21-22(17)11-12/h2-6,9,12,15,19-20H,7-8,10-11H2,1H3,(H2,18,23)/t12-,15+/m0/s1. The van der Waals surface area contributed by atoms with E-state index in [1.165, 1.54) is 6.20 Å². The first-order valence-electron chi connectivity index (χ1n) is 8.07. The first kappa shape index (κ1) is 16.5. The summed E-state index contributed by atoms with van der Waals surface area (Å²) in [4.78, 5) is 11.3. The van der Waals surface area contributed by atoms with E-state index in [-0.39, 0.29) is 6.10 Å². The number of nitrogens with two attached hydrogens (primary N) is 1. The number of ether oxygens (including phenoxy) is 1. The Balaban J connectivity index is 1.52. The van der Waals surface area contributed by atoms with Gasteiger partial charge in [0.25, 0.3) is 5.91 Å². The van der Waals surface area contributed by atoms with Crippen LogP contribution in [-0.2, 0) is 11.3 Å².